The maximum absolute atomic E-state index is 13.1. The van der Waals surface area contributed by atoms with Gasteiger partial charge in [0.15, 0.2) is 0 Å². The summed E-state index contributed by atoms with van der Waals surface area (Å²) >= 11 is 1.61. The number of aryl methyl sites for hydroxylation is 1. The van der Waals surface area contributed by atoms with E-state index in [2.05, 4.69) is 22.0 Å². The number of carbonyl (C=O) groups excluding carboxylic acids is 1. The van der Waals surface area contributed by atoms with Gasteiger partial charge in [0.2, 0.25) is 17.6 Å². The summed E-state index contributed by atoms with van der Waals surface area (Å²) in [6.45, 7) is 2.95. The third-order valence-corrected chi connectivity index (χ3v) is 7.68. The molecule has 4 saturated carbocycles. The first-order valence-electron chi connectivity index (χ1n) is 10.3. The Balaban J connectivity index is 1.26. The molecule has 6 heteroatoms. The van der Waals surface area contributed by atoms with Crippen molar-refractivity contribution in [2.24, 2.45) is 17.8 Å². The number of hydrogen-bond acceptors (Lipinski definition) is 5. The van der Waals surface area contributed by atoms with E-state index in [4.69, 9.17) is 4.52 Å². The summed E-state index contributed by atoms with van der Waals surface area (Å²) in [5.74, 6) is 3.99. The summed E-state index contributed by atoms with van der Waals surface area (Å²) in [6.07, 6.45) is 8.86. The lowest BCUT2D eigenvalue weighted by atomic mass is 9.52. The molecule has 0 N–H and O–H groups in total. The number of nitrogens with zero attached hydrogens (tertiary/aromatic N) is 3. The quantitative estimate of drug-likeness (QED) is 0.732. The van der Waals surface area contributed by atoms with E-state index < -0.39 is 0 Å². The minimum absolute atomic E-state index is 0.136. The molecular weight excluding hydrogens is 358 g/mol. The molecule has 0 saturated heterocycles. The molecule has 144 valence electrons. The summed E-state index contributed by atoms with van der Waals surface area (Å²) in [5.41, 5.74) is 1.11. The first kappa shape index (κ1) is 17.4. The van der Waals surface area contributed by atoms with Gasteiger partial charge in [-0.05, 0) is 74.6 Å². The van der Waals surface area contributed by atoms with Crippen molar-refractivity contribution in [1.29, 1.82) is 0 Å². The van der Waals surface area contributed by atoms with E-state index >= 15 is 0 Å². The third-order valence-electron chi connectivity index (χ3n) is 7.00. The van der Waals surface area contributed by atoms with E-state index in [9.17, 15) is 4.79 Å². The molecule has 0 atom stereocenters. The summed E-state index contributed by atoms with van der Waals surface area (Å²) < 4.78 is 5.37. The molecule has 4 fully saturated rings. The zero-order chi connectivity index (χ0) is 18.4. The molecule has 4 bridgehead atoms. The van der Waals surface area contributed by atoms with E-state index in [-0.39, 0.29) is 11.4 Å². The van der Waals surface area contributed by atoms with Gasteiger partial charge in [0.1, 0.15) is 0 Å². The molecule has 0 spiro atoms. The minimum Gasteiger partial charge on any atom is -0.339 e. The predicted octanol–water partition coefficient (Wildman–Crippen LogP) is 4.55. The Bertz CT molecular complexity index is 778. The average molecular weight is 386 g/mol. The molecule has 4 aliphatic rings. The summed E-state index contributed by atoms with van der Waals surface area (Å²) in [6, 6.07) is 1.98. The van der Waals surface area contributed by atoms with Crippen LogP contribution in [0.25, 0.3) is 11.4 Å². The molecule has 27 heavy (non-hydrogen) atoms. The highest BCUT2D eigenvalue weighted by Gasteiger charge is 2.54. The lowest BCUT2D eigenvalue weighted by Crippen LogP contribution is -2.61. The fourth-order valence-electron chi connectivity index (χ4n) is 6.39. The van der Waals surface area contributed by atoms with Crippen LogP contribution in [-0.4, -0.2) is 33.0 Å². The van der Waals surface area contributed by atoms with Crippen LogP contribution in [0.1, 0.15) is 57.8 Å². The van der Waals surface area contributed by atoms with Crippen molar-refractivity contribution in [1.82, 2.24) is 15.0 Å². The molecule has 2 aromatic heterocycles. The van der Waals surface area contributed by atoms with E-state index in [1.165, 1.54) is 38.5 Å². The van der Waals surface area contributed by atoms with E-state index in [1.54, 1.807) is 11.3 Å². The van der Waals surface area contributed by atoms with Crippen molar-refractivity contribution in [2.75, 3.05) is 6.54 Å². The highest BCUT2D eigenvalue weighted by molar-refractivity contribution is 7.08. The Kier molecular flexibility index (Phi) is 4.34. The monoisotopic (exact) mass is 385 g/mol. The highest BCUT2D eigenvalue weighted by Crippen LogP contribution is 2.57. The topological polar surface area (TPSA) is 59.2 Å². The van der Waals surface area contributed by atoms with Gasteiger partial charge in [-0.2, -0.15) is 16.3 Å². The summed E-state index contributed by atoms with van der Waals surface area (Å²) in [4.78, 5) is 19.8. The maximum atomic E-state index is 13.1. The van der Waals surface area contributed by atoms with Crippen LogP contribution in [-0.2, 0) is 11.2 Å². The molecule has 0 aromatic carbocycles. The molecular formula is C21H27N3O2S. The van der Waals surface area contributed by atoms with Crippen LogP contribution in [0.2, 0.25) is 0 Å². The van der Waals surface area contributed by atoms with Crippen LogP contribution >= 0.6 is 11.3 Å². The van der Waals surface area contributed by atoms with Crippen molar-refractivity contribution < 1.29 is 9.32 Å². The Morgan fingerprint density at radius 2 is 1.96 bits per heavy atom. The average Bonchev–Trinajstić information content (AvgIpc) is 3.31. The molecule has 2 heterocycles. The molecule has 6 rings (SSSR count). The third kappa shape index (κ3) is 3.12. The number of aromatic nitrogens is 2. The second-order valence-electron chi connectivity index (χ2n) is 8.80. The second kappa shape index (κ2) is 6.73. The Morgan fingerprint density at radius 3 is 2.56 bits per heavy atom. The highest BCUT2D eigenvalue weighted by atomic mass is 32.1. The van der Waals surface area contributed by atoms with Gasteiger partial charge in [0.05, 0.1) is 0 Å². The summed E-state index contributed by atoms with van der Waals surface area (Å²) in [7, 11) is 0. The van der Waals surface area contributed by atoms with Crippen molar-refractivity contribution in [3.63, 3.8) is 0 Å². The van der Waals surface area contributed by atoms with Crippen LogP contribution in [0.5, 0.6) is 0 Å². The molecule has 4 aliphatic carbocycles. The zero-order valence-electron chi connectivity index (χ0n) is 15.9. The van der Waals surface area contributed by atoms with Gasteiger partial charge in [0.25, 0.3) is 0 Å². The lowest BCUT2D eigenvalue weighted by molar-refractivity contribution is -0.150. The van der Waals surface area contributed by atoms with Gasteiger partial charge in [0, 0.05) is 35.9 Å². The minimum atomic E-state index is 0.136. The van der Waals surface area contributed by atoms with Gasteiger partial charge >= 0.3 is 0 Å². The first-order chi connectivity index (χ1) is 13.1. The second-order valence-corrected chi connectivity index (χ2v) is 9.58. The standard InChI is InChI=1S/C21H27N3O2S/c1-2-24(21-10-14-7-15(11-21)9-16(8-14)12-21)19(25)4-3-18-22-20(23-26-18)17-5-6-27-13-17/h5-6,13-16H,2-4,7-12H2,1H3. The summed E-state index contributed by atoms with van der Waals surface area (Å²) in [5, 5.41) is 8.06. The van der Waals surface area contributed by atoms with Gasteiger partial charge < -0.3 is 9.42 Å². The van der Waals surface area contributed by atoms with Crippen molar-refractivity contribution >= 4 is 17.2 Å². The molecule has 2 aromatic rings. The van der Waals surface area contributed by atoms with Crippen molar-refractivity contribution in [3.8, 4) is 11.4 Å². The van der Waals surface area contributed by atoms with E-state index in [1.807, 2.05) is 16.8 Å². The first-order valence-corrected chi connectivity index (χ1v) is 11.2. The molecule has 1 amide bonds. The van der Waals surface area contributed by atoms with Gasteiger partial charge in [-0.1, -0.05) is 5.16 Å². The number of carbonyl (C=O) groups is 1. The molecule has 0 unspecified atom stereocenters. The lowest BCUT2D eigenvalue weighted by Gasteiger charge is -2.60. The van der Waals surface area contributed by atoms with Crippen LogP contribution in [0.15, 0.2) is 21.3 Å². The maximum Gasteiger partial charge on any atom is 0.227 e. The van der Waals surface area contributed by atoms with Crippen LogP contribution in [0.4, 0.5) is 0 Å². The Labute approximate surface area is 164 Å². The van der Waals surface area contributed by atoms with E-state index in [0.29, 0.717) is 24.6 Å². The SMILES string of the molecule is CCN(C(=O)CCc1nc(-c2ccsc2)no1)C12CC3CC(CC(C3)C1)C2. The number of amides is 1. The van der Waals surface area contributed by atoms with Gasteiger partial charge in [-0.25, -0.2) is 0 Å². The van der Waals surface area contributed by atoms with Crippen molar-refractivity contribution in [2.45, 2.75) is 63.8 Å². The van der Waals surface area contributed by atoms with E-state index in [0.717, 1.165) is 29.9 Å². The van der Waals surface area contributed by atoms with Crippen LogP contribution in [0.3, 0.4) is 0 Å². The Morgan fingerprint density at radius 1 is 1.26 bits per heavy atom. The van der Waals surface area contributed by atoms with Crippen LogP contribution < -0.4 is 0 Å². The number of thiophene rings is 1. The fraction of sp³-hybridized carbons (Fsp3) is 0.667. The smallest absolute Gasteiger partial charge is 0.227 e. The number of rotatable bonds is 6. The van der Waals surface area contributed by atoms with Crippen LogP contribution in [0, 0.1) is 17.8 Å². The molecule has 0 radical (unpaired) electrons. The largest absolute Gasteiger partial charge is 0.339 e. The normalized spacial score (nSPS) is 31.4. The fourth-order valence-corrected chi connectivity index (χ4v) is 7.02. The predicted molar refractivity (Wildman–Crippen MR) is 104 cm³/mol. The molecule has 0 aliphatic heterocycles. The number of hydrogen-bond donors (Lipinski definition) is 0. The van der Waals surface area contributed by atoms with Gasteiger partial charge in [-0.3, -0.25) is 4.79 Å². The Hall–Kier alpha value is -1.69. The molecule has 5 nitrogen and oxygen atoms in total. The van der Waals surface area contributed by atoms with Crippen molar-refractivity contribution in [3.05, 3.63) is 22.7 Å². The van der Waals surface area contributed by atoms with Gasteiger partial charge in [-0.15, -0.1) is 0 Å². The zero-order valence-corrected chi connectivity index (χ0v) is 16.7.